The second-order valence-electron chi connectivity index (χ2n) is 2.79. The highest BCUT2D eigenvalue weighted by atomic mass is 32.2. The molecule has 0 radical (unpaired) electrons. The molecule has 0 saturated carbocycles. The molecule has 0 aliphatic carbocycles. The van der Waals surface area contributed by atoms with E-state index in [-0.39, 0.29) is 0 Å². The van der Waals surface area contributed by atoms with Gasteiger partial charge in [-0.05, 0) is 0 Å². The lowest BCUT2D eigenvalue weighted by molar-refractivity contribution is 0.0722. The number of methoxy groups -OCH3 is 1. The van der Waals surface area contributed by atoms with Crippen molar-refractivity contribution in [2.24, 2.45) is 0 Å². The van der Waals surface area contributed by atoms with Crippen LogP contribution in [0, 0.1) is 0 Å². The first kappa shape index (κ1) is 14.0. The first-order chi connectivity index (χ1) is 6.81. The molecule has 86 valence electrons. The first-order valence-corrected chi connectivity index (χ1v) is 6.42. The van der Waals surface area contributed by atoms with E-state index in [0.29, 0.717) is 19.8 Å². The quantitative estimate of drug-likeness (QED) is 0.530. The second-order valence-corrected chi connectivity index (χ2v) is 4.65. The molecule has 1 N–H and O–H groups in total. The van der Waals surface area contributed by atoms with Crippen molar-refractivity contribution >= 4 is 10.8 Å². The largest absolute Gasteiger partial charge is 0.382 e. The molecular formula is C9H21NO3S. The highest BCUT2D eigenvalue weighted by Gasteiger charge is 1.94. The van der Waals surface area contributed by atoms with Gasteiger partial charge in [0.25, 0.3) is 0 Å². The number of rotatable bonds is 10. The van der Waals surface area contributed by atoms with E-state index in [9.17, 15) is 4.21 Å². The SMILES string of the molecule is CCS(=O)CCNCCOCCOC. The summed E-state index contributed by atoms with van der Waals surface area (Å²) in [5.41, 5.74) is 0. The van der Waals surface area contributed by atoms with Crippen molar-refractivity contribution in [3.8, 4) is 0 Å². The number of nitrogens with one attached hydrogen (secondary N) is 1. The maximum atomic E-state index is 11.0. The molecule has 0 heterocycles. The van der Waals surface area contributed by atoms with Crippen LogP contribution < -0.4 is 5.32 Å². The zero-order chi connectivity index (χ0) is 10.6. The summed E-state index contributed by atoms with van der Waals surface area (Å²) in [7, 11) is 0.994. The van der Waals surface area contributed by atoms with Gasteiger partial charge in [0.05, 0.1) is 19.8 Å². The van der Waals surface area contributed by atoms with Crippen LogP contribution >= 0.6 is 0 Å². The van der Waals surface area contributed by atoms with Crippen LogP contribution in [-0.2, 0) is 20.3 Å². The van der Waals surface area contributed by atoms with Gasteiger partial charge in [0.1, 0.15) is 0 Å². The Morgan fingerprint density at radius 1 is 1.21 bits per heavy atom. The van der Waals surface area contributed by atoms with Crippen LogP contribution in [0.15, 0.2) is 0 Å². The summed E-state index contributed by atoms with van der Waals surface area (Å²) in [6.07, 6.45) is 0. The molecule has 5 heteroatoms. The Morgan fingerprint density at radius 2 is 2.00 bits per heavy atom. The molecule has 0 aliphatic rings. The normalized spacial score (nSPS) is 13.0. The van der Waals surface area contributed by atoms with E-state index < -0.39 is 10.8 Å². The van der Waals surface area contributed by atoms with E-state index in [1.807, 2.05) is 6.92 Å². The van der Waals surface area contributed by atoms with E-state index in [2.05, 4.69) is 5.32 Å². The molecule has 0 aliphatic heterocycles. The van der Waals surface area contributed by atoms with Gasteiger partial charge in [-0.2, -0.15) is 0 Å². The molecule has 0 rings (SSSR count). The molecule has 0 spiro atoms. The number of hydrogen-bond acceptors (Lipinski definition) is 4. The predicted octanol–water partition coefficient (Wildman–Crippen LogP) is 0.00760. The molecule has 0 amide bonds. The third-order valence-corrected chi connectivity index (χ3v) is 2.99. The number of hydrogen-bond donors (Lipinski definition) is 1. The maximum Gasteiger partial charge on any atom is 0.0700 e. The summed E-state index contributed by atoms with van der Waals surface area (Å²) in [5.74, 6) is 1.47. The molecule has 0 aromatic carbocycles. The van der Waals surface area contributed by atoms with Crippen molar-refractivity contribution in [2.45, 2.75) is 6.92 Å². The Hall–Kier alpha value is 0.0300. The van der Waals surface area contributed by atoms with E-state index >= 15 is 0 Å². The van der Waals surface area contributed by atoms with Crippen LogP contribution in [0.1, 0.15) is 6.92 Å². The van der Waals surface area contributed by atoms with Gasteiger partial charge in [0, 0.05) is 42.5 Å². The summed E-state index contributed by atoms with van der Waals surface area (Å²) < 4.78 is 21.1. The minimum Gasteiger partial charge on any atom is -0.382 e. The topological polar surface area (TPSA) is 47.6 Å². The molecule has 0 fully saturated rings. The van der Waals surface area contributed by atoms with Gasteiger partial charge in [0.2, 0.25) is 0 Å². The Morgan fingerprint density at radius 3 is 2.64 bits per heavy atom. The minimum atomic E-state index is -0.661. The average molecular weight is 223 g/mol. The van der Waals surface area contributed by atoms with Gasteiger partial charge in [-0.3, -0.25) is 4.21 Å². The maximum absolute atomic E-state index is 11.0. The highest BCUT2D eigenvalue weighted by Crippen LogP contribution is 1.79. The van der Waals surface area contributed by atoms with Crippen LogP contribution in [0.5, 0.6) is 0 Å². The van der Waals surface area contributed by atoms with Crippen molar-refractivity contribution in [1.29, 1.82) is 0 Å². The van der Waals surface area contributed by atoms with Crippen LogP contribution in [0.25, 0.3) is 0 Å². The first-order valence-electron chi connectivity index (χ1n) is 4.93. The molecule has 0 aromatic rings. The van der Waals surface area contributed by atoms with Crippen molar-refractivity contribution in [1.82, 2.24) is 5.32 Å². The van der Waals surface area contributed by atoms with Crippen molar-refractivity contribution in [2.75, 3.05) is 51.5 Å². The van der Waals surface area contributed by atoms with E-state index in [4.69, 9.17) is 9.47 Å². The average Bonchev–Trinajstić information content (AvgIpc) is 2.21. The molecule has 1 unspecified atom stereocenters. The molecule has 0 aromatic heterocycles. The fourth-order valence-electron chi connectivity index (χ4n) is 0.844. The van der Waals surface area contributed by atoms with Crippen LogP contribution in [0.3, 0.4) is 0 Å². The smallest absolute Gasteiger partial charge is 0.0700 e. The lowest BCUT2D eigenvalue weighted by atomic mass is 10.6. The van der Waals surface area contributed by atoms with Gasteiger partial charge in [-0.1, -0.05) is 6.92 Å². The Bertz CT molecular complexity index is 144. The monoisotopic (exact) mass is 223 g/mol. The van der Waals surface area contributed by atoms with Gasteiger partial charge in [0.15, 0.2) is 0 Å². The third kappa shape index (κ3) is 10.1. The fourth-order valence-corrected chi connectivity index (χ4v) is 1.50. The van der Waals surface area contributed by atoms with Gasteiger partial charge < -0.3 is 14.8 Å². The standard InChI is InChI=1S/C9H21NO3S/c1-3-14(11)9-5-10-4-6-13-8-7-12-2/h10H,3-9H2,1-2H3. The predicted molar refractivity (Wildman–Crippen MR) is 59.1 cm³/mol. The van der Waals surface area contributed by atoms with Crippen LogP contribution in [-0.4, -0.2) is 55.7 Å². The van der Waals surface area contributed by atoms with E-state index in [1.54, 1.807) is 7.11 Å². The summed E-state index contributed by atoms with van der Waals surface area (Å²) in [4.78, 5) is 0. The lowest BCUT2D eigenvalue weighted by Crippen LogP contribution is -2.25. The fraction of sp³-hybridized carbons (Fsp3) is 1.00. The van der Waals surface area contributed by atoms with Gasteiger partial charge in [-0.15, -0.1) is 0 Å². The third-order valence-electron chi connectivity index (χ3n) is 1.68. The van der Waals surface area contributed by atoms with Crippen LogP contribution in [0.2, 0.25) is 0 Å². The van der Waals surface area contributed by atoms with Gasteiger partial charge in [-0.25, -0.2) is 0 Å². The second kappa shape index (κ2) is 11.1. The Balaban J connectivity index is 2.95. The van der Waals surface area contributed by atoms with Crippen LogP contribution in [0.4, 0.5) is 0 Å². The van der Waals surface area contributed by atoms with E-state index in [0.717, 1.165) is 24.6 Å². The zero-order valence-corrected chi connectivity index (χ0v) is 9.90. The zero-order valence-electron chi connectivity index (χ0n) is 9.08. The Labute approximate surface area is 88.8 Å². The molecule has 0 saturated heterocycles. The number of ether oxygens (including phenoxy) is 2. The van der Waals surface area contributed by atoms with Gasteiger partial charge >= 0.3 is 0 Å². The molecule has 4 nitrogen and oxygen atoms in total. The highest BCUT2D eigenvalue weighted by molar-refractivity contribution is 7.84. The summed E-state index contributed by atoms with van der Waals surface area (Å²) in [6.45, 7) is 5.50. The van der Waals surface area contributed by atoms with Crippen molar-refractivity contribution in [3.63, 3.8) is 0 Å². The van der Waals surface area contributed by atoms with Crippen molar-refractivity contribution in [3.05, 3.63) is 0 Å². The van der Waals surface area contributed by atoms with E-state index in [1.165, 1.54) is 0 Å². The van der Waals surface area contributed by atoms with Crippen molar-refractivity contribution < 1.29 is 13.7 Å². The lowest BCUT2D eigenvalue weighted by Gasteiger charge is -2.05. The minimum absolute atomic E-state index is 0.638. The summed E-state index contributed by atoms with van der Waals surface area (Å²) >= 11 is 0. The Kier molecular flexibility index (Phi) is 11.1. The summed E-state index contributed by atoms with van der Waals surface area (Å²) in [6, 6.07) is 0. The molecule has 1 atom stereocenters. The molecule has 14 heavy (non-hydrogen) atoms. The summed E-state index contributed by atoms with van der Waals surface area (Å²) in [5, 5.41) is 3.17. The molecule has 0 bridgehead atoms. The molecular weight excluding hydrogens is 202 g/mol.